The van der Waals surface area contributed by atoms with Crippen LogP contribution in [0.25, 0.3) is 0 Å². The first-order chi connectivity index (χ1) is 27.6. The van der Waals surface area contributed by atoms with Crippen molar-refractivity contribution < 1.29 is 38.2 Å². The van der Waals surface area contributed by atoms with Crippen molar-refractivity contribution in [3.05, 3.63) is 0 Å². The number of methoxy groups -OCH3 is 3. The number of hydrogen-bond acceptors (Lipinski definition) is 11. The molecule has 338 valence electrons. The van der Waals surface area contributed by atoms with Crippen LogP contribution in [0.1, 0.15) is 98.8 Å². The predicted octanol–water partition coefficient (Wildman–Crippen LogP) is 1.95. The van der Waals surface area contributed by atoms with Crippen LogP contribution in [0.15, 0.2) is 0 Å². The van der Waals surface area contributed by atoms with Crippen LogP contribution in [0.3, 0.4) is 0 Å². The Balaban J connectivity index is 0.000000363. The minimum Gasteiger partial charge on any atom is -0.383 e. The number of ether oxygens (including phenoxy) is 3. The molecule has 5 fully saturated rings. The number of piperazine rings is 2. The van der Waals surface area contributed by atoms with Gasteiger partial charge in [-0.25, -0.2) is 0 Å². The lowest BCUT2D eigenvalue weighted by atomic mass is 9.91. The second kappa shape index (κ2) is 31.1. The van der Waals surface area contributed by atoms with Gasteiger partial charge in [0.05, 0.1) is 18.8 Å². The first kappa shape index (κ1) is 53.1. The van der Waals surface area contributed by atoms with Crippen molar-refractivity contribution in [3.8, 4) is 0 Å². The van der Waals surface area contributed by atoms with Gasteiger partial charge in [0.2, 0.25) is 29.5 Å². The summed E-state index contributed by atoms with van der Waals surface area (Å²) in [5, 5.41) is 9.16. The van der Waals surface area contributed by atoms with Crippen LogP contribution in [-0.4, -0.2) is 198 Å². The Kier molecular flexibility index (Phi) is 28.4. The zero-order valence-electron chi connectivity index (χ0n) is 37.9. The smallest absolute Gasteiger partial charge is 0.219 e. The summed E-state index contributed by atoms with van der Waals surface area (Å²) in [4.78, 5) is 64.4. The van der Waals surface area contributed by atoms with Crippen molar-refractivity contribution in [2.24, 2.45) is 0 Å². The number of piperidine rings is 1. The number of amides is 5. The number of rotatable bonds is 8. The predicted molar refractivity (Wildman–Crippen MR) is 228 cm³/mol. The van der Waals surface area contributed by atoms with Crippen molar-refractivity contribution in [2.75, 3.05) is 114 Å². The molecule has 5 rings (SSSR count). The van der Waals surface area contributed by atoms with E-state index in [9.17, 15) is 24.0 Å². The highest BCUT2D eigenvalue weighted by Gasteiger charge is 2.22. The van der Waals surface area contributed by atoms with Crippen LogP contribution in [0, 0.1) is 0 Å². The number of hydrogen-bond donors (Lipinski definition) is 3. The van der Waals surface area contributed by atoms with Gasteiger partial charge in [0, 0.05) is 146 Å². The van der Waals surface area contributed by atoms with E-state index in [4.69, 9.17) is 14.2 Å². The number of carbonyl (C=O) groups is 5. The van der Waals surface area contributed by atoms with Crippen LogP contribution in [0.2, 0.25) is 0 Å². The molecule has 0 aromatic rings. The number of likely N-dealkylation sites (tertiary alicyclic amines) is 1. The third kappa shape index (κ3) is 24.3. The number of carbonyl (C=O) groups excluding carboxylic acids is 5. The highest BCUT2D eigenvalue weighted by molar-refractivity contribution is 5.74. The molecular formula is C42H82N8O8. The summed E-state index contributed by atoms with van der Waals surface area (Å²) >= 11 is 0. The van der Waals surface area contributed by atoms with Gasteiger partial charge in [0.15, 0.2) is 0 Å². The number of nitrogens with one attached hydrogen (secondary N) is 3. The Morgan fingerprint density at radius 1 is 0.500 bits per heavy atom. The number of likely N-dealkylation sites (N-methyl/N-ethyl adjacent to an activating group) is 1. The summed E-state index contributed by atoms with van der Waals surface area (Å²) in [6, 6.07) is 1.47. The fraction of sp³-hybridized carbons (Fsp3) is 0.881. The standard InChI is InChI=1S/C9H18N2O2.C9H18N2O.C9H17NO2.C8H15NO2.C7H14N2O/c1-9(12)11-5-3-10(4-6-11)7-8-13-2;1-7(12)11-9-5-3-8(10-2)4-6-9;1-7(11)10-8-3-5-9(12-2)6-4-8;1-7(10)9-5-3-8(11-2)4-6-9;1-7(10)9-5-3-8(2)4-6-9/h3-8H2,1-2H3;8-10H,3-6H2,1-2H3,(H,11,12);8-9H,3-6H2,1-2H3,(H,10,11);8H,3-6H2,1-2H3;3-6H2,1-2H3. The van der Waals surface area contributed by atoms with E-state index in [2.05, 4.69) is 32.8 Å². The highest BCUT2D eigenvalue weighted by Crippen LogP contribution is 2.20. The third-order valence-electron chi connectivity index (χ3n) is 11.6. The maximum absolute atomic E-state index is 11.0. The molecule has 0 bridgehead atoms. The fourth-order valence-corrected chi connectivity index (χ4v) is 7.58. The molecule has 16 heteroatoms. The largest absolute Gasteiger partial charge is 0.383 e. The highest BCUT2D eigenvalue weighted by atomic mass is 16.5. The second-order valence-corrected chi connectivity index (χ2v) is 16.0. The van der Waals surface area contributed by atoms with E-state index in [0.29, 0.717) is 30.3 Å². The molecule has 0 spiro atoms. The third-order valence-corrected chi connectivity index (χ3v) is 11.6. The molecule has 3 heterocycles. The molecule has 2 saturated carbocycles. The molecule has 0 aromatic heterocycles. The van der Waals surface area contributed by atoms with Crippen LogP contribution >= 0.6 is 0 Å². The summed E-state index contributed by atoms with van der Waals surface area (Å²) in [7, 11) is 9.28. The summed E-state index contributed by atoms with van der Waals surface area (Å²) in [5.74, 6) is 0.748. The molecule has 0 atom stereocenters. The molecule has 0 aromatic carbocycles. The van der Waals surface area contributed by atoms with E-state index in [1.165, 1.54) is 12.8 Å². The lowest BCUT2D eigenvalue weighted by molar-refractivity contribution is -0.131. The molecule has 58 heavy (non-hydrogen) atoms. The summed E-state index contributed by atoms with van der Waals surface area (Å²) in [5.41, 5.74) is 0. The maximum atomic E-state index is 11.0. The molecule has 0 unspecified atom stereocenters. The van der Waals surface area contributed by atoms with E-state index in [0.717, 1.165) is 130 Å². The van der Waals surface area contributed by atoms with Gasteiger partial charge in [-0.05, 0) is 78.3 Å². The van der Waals surface area contributed by atoms with Crippen molar-refractivity contribution in [1.82, 2.24) is 40.4 Å². The van der Waals surface area contributed by atoms with Crippen LogP contribution in [0.4, 0.5) is 0 Å². The minimum atomic E-state index is 0.0795. The summed E-state index contributed by atoms with van der Waals surface area (Å²) in [6.07, 6.45) is 11.6. The van der Waals surface area contributed by atoms with Gasteiger partial charge in [-0.15, -0.1) is 0 Å². The van der Waals surface area contributed by atoms with Gasteiger partial charge in [-0.2, -0.15) is 0 Å². The van der Waals surface area contributed by atoms with Crippen molar-refractivity contribution in [1.29, 1.82) is 0 Å². The maximum Gasteiger partial charge on any atom is 0.219 e. The average molecular weight is 827 g/mol. The van der Waals surface area contributed by atoms with Crippen molar-refractivity contribution in [3.63, 3.8) is 0 Å². The normalized spacial score (nSPS) is 24.1. The molecule has 0 radical (unpaired) electrons. The molecule has 5 aliphatic rings. The van der Waals surface area contributed by atoms with Gasteiger partial charge in [-0.3, -0.25) is 28.9 Å². The van der Waals surface area contributed by atoms with Gasteiger partial charge in [0.1, 0.15) is 0 Å². The van der Waals surface area contributed by atoms with E-state index in [1.54, 1.807) is 55.9 Å². The Morgan fingerprint density at radius 3 is 1.22 bits per heavy atom. The first-order valence-corrected chi connectivity index (χ1v) is 21.6. The van der Waals surface area contributed by atoms with Crippen LogP contribution < -0.4 is 16.0 Å². The fourth-order valence-electron chi connectivity index (χ4n) is 7.58. The lowest BCUT2D eigenvalue weighted by Gasteiger charge is -2.33. The van der Waals surface area contributed by atoms with Crippen molar-refractivity contribution >= 4 is 29.5 Å². The molecule has 5 amide bonds. The lowest BCUT2D eigenvalue weighted by Crippen LogP contribution is -2.48. The Labute approximate surface area is 350 Å². The minimum absolute atomic E-state index is 0.0795. The van der Waals surface area contributed by atoms with Gasteiger partial charge in [-0.1, -0.05) is 0 Å². The molecule has 3 aliphatic heterocycles. The Hall–Kier alpha value is -2.89. The monoisotopic (exact) mass is 827 g/mol. The van der Waals surface area contributed by atoms with Gasteiger partial charge >= 0.3 is 0 Å². The zero-order valence-corrected chi connectivity index (χ0v) is 37.9. The molecule has 3 N–H and O–H groups in total. The zero-order chi connectivity index (χ0) is 43.5. The summed E-state index contributed by atoms with van der Waals surface area (Å²) in [6.45, 7) is 19.0. The Bertz CT molecular complexity index is 1110. The molecule has 2 aliphatic carbocycles. The van der Waals surface area contributed by atoms with Crippen LogP contribution in [-0.2, 0) is 38.2 Å². The first-order valence-electron chi connectivity index (χ1n) is 21.6. The number of nitrogens with zero attached hydrogens (tertiary/aromatic N) is 5. The van der Waals surface area contributed by atoms with Gasteiger partial charge < -0.3 is 49.8 Å². The Morgan fingerprint density at radius 2 is 0.862 bits per heavy atom. The molecule has 16 nitrogen and oxygen atoms in total. The van der Waals surface area contributed by atoms with Crippen LogP contribution in [0.5, 0.6) is 0 Å². The average Bonchev–Trinajstić information content (AvgIpc) is 3.21. The van der Waals surface area contributed by atoms with E-state index >= 15 is 0 Å². The molecule has 3 saturated heterocycles. The van der Waals surface area contributed by atoms with E-state index in [-0.39, 0.29) is 29.5 Å². The SMILES string of the molecule is CC(=O)N1CCN(C)CC1.CNC1CCC(NC(C)=O)CC1.COC1CCC(NC(C)=O)CC1.COC1CCN(C(C)=O)CC1.COCCN1CCN(C(C)=O)CC1. The van der Waals surface area contributed by atoms with Crippen molar-refractivity contribution in [2.45, 2.75) is 129 Å². The quantitative estimate of drug-likeness (QED) is 0.328. The topological polar surface area (TPSA) is 165 Å². The van der Waals surface area contributed by atoms with E-state index in [1.807, 2.05) is 21.7 Å². The molecular weight excluding hydrogens is 745 g/mol. The van der Waals surface area contributed by atoms with Gasteiger partial charge in [0.25, 0.3) is 0 Å². The second-order valence-electron chi connectivity index (χ2n) is 16.0. The van der Waals surface area contributed by atoms with E-state index < -0.39 is 0 Å². The summed E-state index contributed by atoms with van der Waals surface area (Å²) < 4.78 is 15.4.